The normalized spacial score (nSPS) is 26.3. The summed E-state index contributed by atoms with van der Waals surface area (Å²) in [6.07, 6.45) is 1.07. The van der Waals surface area contributed by atoms with Gasteiger partial charge in [0.15, 0.2) is 0 Å². The zero-order valence-electron chi connectivity index (χ0n) is 11.5. The van der Waals surface area contributed by atoms with Gasteiger partial charge in [0.1, 0.15) is 0 Å². The zero-order valence-corrected chi connectivity index (χ0v) is 12.3. The number of aryl methyl sites for hydroxylation is 1. The molecule has 0 aromatic carbocycles. The van der Waals surface area contributed by atoms with Gasteiger partial charge in [0, 0.05) is 12.6 Å². The highest BCUT2D eigenvalue weighted by Crippen LogP contribution is 2.37. The fourth-order valence-electron chi connectivity index (χ4n) is 2.68. The first-order valence-electron chi connectivity index (χ1n) is 6.25. The first kappa shape index (κ1) is 13.1. The van der Waals surface area contributed by atoms with E-state index >= 15 is 0 Å². The SMILES string of the molecule is Cc1cscc1CNC1CC(C)(C)OC1(C)C. The van der Waals surface area contributed by atoms with Gasteiger partial charge in [0.25, 0.3) is 0 Å². The van der Waals surface area contributed by atoms with E-state index in [0.29, 0.717) is 6.04 Å². The van der Waals surface area contributed by atoms with Crippen molar-refractivity contribution >= 4 is 11.3 Å². The number of rotatable bonds is 3. The second kappa shape index (κ2) is 4.38. The lowest BCUT2D eigenvalue weighted by atomic mass is 9.94. The predicted octanol–water partition coefficient (Wildman–Crippen LogP) is 3.49. The predicted molar refractivity (Wildman–Crippen MR) is 73.5 cm³/mol. The molecule has 1 atom stereocenters. The maximum atomic E-state index is 6.09. The fraction of sp³-hybridized carbons (Fsp3) is 0.714. The molecule has 1 aliphatic heterocycles. The molecule has 1 saturated heterocycles. The molecule has 3 heteroatoms. The average Bonchev–Trinajstić information content (AvgIpc) is 2.64. The number of hydrogen-bond donors (Lipinski definition) is 1. The topological polar surface area (TPSA) is 21.3 Å². The van der Waals surface area contributed by atoms with Crippen molar-refractivity contribution in [3.8, 4) is 0 Å². The van der Waals surface area contributed by atoms with E-state index in [4.69, 9.17) is 4.74 Å². The van der Waals surface area contributed by atoms with Crippen LogP contribution in [0.2, 0.25) is 0 Å². The summed E-state index contributed by atoms with van der Waals surface area (Å²) in [5, 5.41) is 8.09. The van der Waals surface area contributed by atoms with E-state index in [0.717, 1.165) is 13.0 Å². The molecule has 1 N–H and O–H groups in total. The van der Waals surface area contributed by atoms with Gasteiger partial charge in [0.05, 0.1) is 11.2 Å². The van der Waals surface area contributed by atoms with Crippen LogP contribution in [0.4, 0.5) is 0 Å². The van der Waals surface area contributed by atoms with Gasteiger partial charge < -0.3 is 10.1 Å². The lowest BCUT2D eigenvalue weighted by Gasteiger charge is -2.27. The lowest BCUT2D eigenvalue weighted by Crippen LogP contribution is -2.42. The minimum atomic E-state index is -0.0760. The quantitative estimate of drug-likeness (QED) is 0.890. The van der Waals surface area contributed by atoms with Crippen LogP contribution in [-0.4, -0.2) is 17.2 Å². The maximum Gasteiger partial charge on any atom is 0.0787 e. The average molecular weight is 253 g/mol. The number of nitrogens with one attached hydrogen (secondary N) is 1. The van der Waals surface area contributed by atoms with E-state index in [-0.39, 0.29) is 11.2 Å². The highest BCUT2D eigenvalue weighted by atomic mass is 32.1. The molecule has 96 valence electrons. The Labute approximate surface area is 108 Å². The summed E-state index contributed by atoms with van der Waals surface area (Å²) in [5.74, 6) is 0. The van der Waals surface area contributed by atoms with Gasteiger partial charge in [-0.15, -0.1) is 0 Å². The summed E-state index contributed by atoms with van der Waals surface area (Å²) in [4.78, 5) is 0. The van der Waals surface area contributed by atoms with Crippen LogP contribution < -0.4 is 5.32 Å². The standard InChI is InChI=1S/C14H23NOS/c1-10-8-17-9-11(10)7-15-12-6-13(2,3)16-14(12,4)5/h8-9,12,15H,6-7H2,1-5H3. The van der Waals surface area contributed by atoms with Gasteiger partial charge in [-0.05, 0) is 62.9 Å². The smallest absolute Gasteiger partial charge is 0.0787 e. The summed E-state index contributed by atoms with van der Waals surface area (Å²) in [5.41, 5.74) is 2.71. The van der Waals surface area contributed by atoms with Gasteiger partial charge in [0.2, 0.25) is 0 Å². The number of thiophene rings is 1. The molecule has 2 rings (SSSR count). The van der Waals surface area contributed by atoms with Crippen molar-refractivity contribution < 1.29 is 4.74 Å². The van der Waals surface area contributed by atoms with Crippen LogP contribution in [-0.2, 0) is 11.3 Å². The largest absolute Gasteiger partial charge is 0.368 e. The van der Waals surface area contributed by atoms with Crippen LogP contribution >= 0.6 is 11.3 Å². The van der Waals surface area contributed by atoms with Crippen molar-refractivity contribution in [1.29, 1.82) is 0 Å². The molecule has 0 spiro atoms. The second-order valence-corrected chi connectivity index (χ2v) is 6.93. The fourth-order valence-corrected chi connectivity index (χ4v) is 3.54. The third-order valence-corrected chi connectivity index (χ3v) is 4.49. The van der Waals surface area contributed by atoms with Crippen LogP contribution in [0.3, 0.4) is 0 Å². The third-order valence-electron chi connectivity index (χ3n) is 3.57. The third kappa shape index (κ3) is 2.90. The molecule has 17 heavy (non-hydrogen) atoms. The van der Waals surface area contributed by atoms with Crippen molar-refractivity contribution in [2.45, 2.75) is 64.8 Å². The van der Waals surface area contributed by atoms with Gasteiger partial charge in [-0.1, -0.05) is 0 Å². The first-order chi connectivity index (χ1) is 7.80. The molecule has 1 aromatic rings. The molecular weight excluding hydrogens is 230 g/mol. The lowest BCUT2D eigenvalue weighted by molar-refractivity contribution is -0.0699. The molecule has 0 radical (unpaired) electrons. The molecule has 0 saturated carbocycles. The van der Waals surface area contributed by atoms with Gasteiger partial charge in [-0.3, -0.25) is 0 Å². The second-order valence-electron chi connectivity index (χ2n) is 6.18. The van der Waals surface area contributed by atoms with Crippen molar-refractivity contribution in [2.75, 3.05) is 0 Å². The zero-order chi connectivity index (χ0) is 12.7. The first-order valence-corrected chi connectivity index (χ1v) is 7.20. The Morgan fingerprint density at radius 3 is 2.53 bits per heavy atom. The summed E-state index contributed by atoms with van der Waals surface area (Å²) in [6.45, 7) is 11.8. The molecule has 1 aliphatic rings. The van der Waals surface area contributed by atoms with Crippen LogP contribution in [0.1, 0.15) is 45.2 Å². The van der Waals surface area contributed by atoms with E-state index in [2.05, 4.69) is 50.7 Å². The molecule has 1 unspecified atom stereocenters. The molecule has 2 heterocycles. The van der Waals surface area contributed by atoms with Crippen LogP contribution in [0.15, 0.2) is 10.8 Å². The maximum absolute atomic E-state index is 6.09. The van der Waals surface area contributed by atoms with Crippen LogP contribution in [0.25, 0.3) is 0 Å². The highest BCUT2D eigenvalue weighted by molar-refractivity contribution is 7.08. The molecule has 0 amide bonds. The van der Waals surface area contributed by atoms with Gasteiger partial charge in [-0.25, -0.2) is 0 Å². The molecule has 1 fully saturated rings. The Bertz CT molecular complexity index is 395. The van der Waals surface area contributed by atoms with Crippen molar-refractivity contribution in [3.63, 3.8) is 0 Å². The number of ether oxygens (including phenoxy) is 1. The Morgan fingerprint density at radius 2 is 2.06 bits per heavy atom. The van der Waals surface area contributed by atoms with Crippen molar-refractivity contribution in [1.82, 2.24) is 5.32 Å². The van der Waals surface area contributed by atoms with E-state index in [9.17, 15) is 0 Å². The van der Waals surface area contributed by atoms with Crippen LogP contribution in [0.5, 0.6) is 0 Å². The highest BCUT2D eigenvalue weighted by Gasteiger charge is 2.45. The molecule has 1 aromatic heterocycles. The number of hydrogen-bond acceptors (Lipinski definition) is 3. The van der Waals surface area contributed by atoms with E-state index in [1.807, 2.05) is 0 Å². The summed E-state index contributed by atoms with van der Waals surface area (Å²) in [6, 6.07) is 0.428. The molecule has 0 aliphatic carbocycles. The van der Waals surface area contributed by atoms with Crippen molar-refractivity contribution in [2.24, 2.45) is 0 Å². The van der Waals surface area contributed by atoms with Crippen LogP contribution in [0, 0.1) is 6.92 Å². The summed E-state index contributed by atoms with van der Waals surface area (Å²) >= 11 is 1.78. The molecule has 2 nitrogen and oxygen atoms in total. The van der Waals surface area contributed by atoms with Gasteiger partial charge >= 0.3 is 0 Å². The molecule has 0 bridgehead atoms. The Morgan fingerprint density at radius 1 is 1.35 bits per heavy atom. The monoisotopic (exact) mass is 253 g/mol. The Kier molecular flexibility index (Phi) is 3.36. The molecular formula is C14H23NOS. The Hall–Kier alpha value is -0.380. The summed E-state index contributed by atoms with van der Waals surface area (Å²) in [7, 11) is 0. The van der Waals surface area contributed by atoms with E-state index < -0.39 is 0 Å². The summed E-state index contributed by atoms with van der Waals surface area (Å²) < 4.78 is 6.09. The van der Waals surface area contributed by atoms with E-state index in [1.54, 1.807) is 11.3 Å². The van der Waals surface area contributed by atoms with Crippen molar-refractivity contribution in [3.05, 3.63) is 21.9 Å². The minimum Gasteiger partial charge on any atom is -0.368 e. The Balaban J connectivity index is 1.98. The minimum absolute atomic E-state index is 0.00907. The van der Waals surface area contributed by atoms with E-state index in [1.165, 1.54) is 11.1 Å². The van der Waals surface area contributed by atoms with Gasteiger partial charge in [-0.2, -0.15) is 11.3 Å².